The second-order valence-electron chi connectivity index (χ2n) is 3.70. The first-order valence-electron chi connectivity index (χ1n) is 5.26. The molecule has 4 nitrogen and oxygen atoms in total. The van der Waals surface area contributed by atoms with E-state index in [1.165, 1.54) is 5.56 Å². The smallest absolute Gasteiger partial charge is 0.122 e. The standard InChI is InChI=1S/C12H15N3O/c1-15-9-11(13-14-15)8-7-10-5-3-4-6-12(10)16-2/h3-6,9H,7-8H2,1-2H3. The highest BCUT2D eigenvalue weighted by atomic mass is 16.5. The van der Waals surface area contributed by atoms with Gasteiger partial charge in [-0.15, -0.1) is 5.10 Å². The molecule has 16 heavy (non-hydrogen) atoms. The van der Waals surface area contributed by atoms with E-state index in [-0.39, 0.29) is 0 Å². The first kappa shape index (κ1) is 10.7. The van der Waals surface area contributed by atoms with Gasteiger partial charge < -0.3 is 4.74 Å². The first-order chi connectivity index (χ1) is 7.79. The average molecular weight is 217 g/mol. The lowest BCUT2D eigenvalue weighted by Crippen LogP contribution is -1.95. The molecule has 84 valence electrons. The van der Waals surface area contributed by atoms with E-state index in [9.17, 15) is 0 Å². The lowest BCUT2D eigenvalue weighted by Gasteiger charge is -2.06. The summed E-state index contributed by atoms with van der Waals surface area (Å²) in [6, 6.07) is 8.06. The molecule has 0 spiro atoms. The number of ether oxygens (including phenoxy) is 1. The minimum Gasteiger partial charge on any atom is -0.496 e. The highest BCUT2D eigenvalue weighted by Crippen LogP contribution is 2.18. The molecule has 0 amide bonds. The van der Waals surface area contributed by atoms with Crippen molar-refractivity contribution in [3.8, 4) is 5.75 Å². The maximum atomic E-state index is 5.30. The van der Waals surface area contributed by atoms with Gasteiger partial charge in [0.15, 0.2) is 0 Å². The van der Waals surface area contributed by atoms with Crippen LogP contribution in [0.1, 0.15) is 11.3 Å². The van der Waals surface area contributed by atoms with Crippen molar-refractivity contribution in [3.63, 3.8) is 0 Å². The van der Waals surface area contributed by atoms with E-state index in [2.05, 4.69) is 16.4 Å². The number of nitrogens with zero attached hydrogens (tertiary/aromatic N) is 3. The number of aryl methyl sites for hydroxylation is 3. The monoisotopic (exact) mass is 217 g/mol. The zero-order valence-electron chi connectivity index (χ0n) is 9.55. The fourth-order valence-electron chi connectivity index (χ4n) is 1.68. The molecule has 0 radical (unpaired) electrons. The van der Waals surface area contributed by atoms with Gasteiger partial charge in [-0.2, -0.15) is 0 Å². The summed E-state index contributed by atoms with van der Waals surface area (Å²) in [5, 5.41) is 7.97. The fraction of sp³-hybridized carbons (Fsp3) is 0.333. The van der Waals surface area contributed by atoms with Gasteiger partial charge in [-0.05, 0) is 24.5 Å². The van der Waals surface area contributed by atoms with Crippen LogP contribution in [0.4, 0.5) is 0 Å². The highest BCUT2D eigenvalue weighted by molar-refractivity contribution is 5.33. The van der Waals surface area contributed by atoms with Gasteiger partial charge in [0, 0.05) is 13.2 Å². The van der Waals surface area contributed by atoms with Gasteiger partial charge >= 0.3 is 0 Å². The Labute approximate surface area is 94.9 Å². The number of hydrogen-bond acceptors (Lipinski definition) is 3. The molecule has 2 rings (SSSR count). The van der Waals surface area contributed by atoms with Gasteiger partial charge in [-0.1, -0.05) is 23.4 Å². The number of methoxy groups -OCH3 is 1. The summed E-state index contributed by atoms with van der Waals surface area (Å²) in [6.45, 7) is 0. The van der Waals surface area contributed by atoms with Crippen LogP contribution in [-0.4, -0.2) is 22.1 Å². The Balaban J connectivity index is 2.04. The Morgan fingerprint density at radius 3 is 2.75 bits per heavy atom. The molecule has 0 N–H and O–H groups in total. The molecule has 1 aromatic carbocycles. The van der Waals surface area contributed by atoms with Crippen LogP contribution in [-0.2, 0) is 19.9 Å². The van der Waals surface area contributed by atoms with E-state index in [1.54, 1.807) is 11.8 Å². The third-order valence-electron chi connectivity index (χ3n) is 2.49. The van der Waals surface area contributed by atoms with Crippen LogP contribution in [0.3, 0.4) is 0 Å². The summed E-state index contributed by atoms with van der Waals surface area (Å²) in [6.07, 6.45) is 3.74. The molecule has 0 bridgehead atoms. The number of para-hydroxylation sites is 1. The van der Waals surface area contributed by atoms with Crippen LogP contribution < -0.4 is 4.74 Å². The summed E-state index contributed by atoms with van der Waals surface area (Å²) in [5.74, 6) is 0.936. The molecule has 0 fully saturated rings. The van der Waals surface area contributed by atoms with Crippen LogP contribution >= 0.6 is 0 Å². The molecule has 0 saturated carbocycles. The van der Waals surface area contributed by atoms with Crippen LogP contribution in [0, 0.1) is 0 Å². The normalized spacial score (nSPS) is 10.4. The van der Waals surface area contributed by atoms with Crippen molar-refractivity contribution in [2.75, 3.05) is 7.11 Å². The van der Waals surface area contributed by atoms with E-state index in [0.717, 1.165) is 24.3 Å². The molecule has 0 atom stereocenters. The van der Waals surface area contributed by atoms with Gasteiger partial charge in [0.25, 0.3) is 0 Å². The van der Waals surface area contributed by atoms with E-state index in [0.29, 0.717) is 0 Å². The Kier molecular flexibility index (Phi) is 3.19. The SMILES string of the molecule is COc1ccccc1CCc1cn(C)nn1. The van der Waals surface area contributed by atoms with E-state index < -0.39 is 0 Å². The molecule has 0 unspecified atom stereocenters. The largest absolute Gasteiger partial charge is 0.496 e. The molecule has 1 heterocycles. The van der Waals surface area contributed by atoms with Crippen LogP contribution in [0.2, 0.25) is 0 Å². The second kappa shape index (κ2) is 4.79. The topological polar surface area (TPSA) is 39.9 Å². The van der Waals surface area contributed by atoms with Gasteiger partial charge in [0.05, 0.1) is 12.8 Å². The fourth-order valence-corrected chi connectivity index (χ4v) is 1.68. The summed E-state index contributed by atoms with van der Waals surface area (Å²) < 4.78 is 7.02. The first-order valence-corrected chi connectivity index (χ1v) is 5.26. The van der Waals surface area contributed by atoms with Crippen LogP contribution in [0.15, 0.2) is 30.5 Å². The van der Waals surface area contributed by atoms with Crippen molar-refractivity contribution in [2.24, 2.45) is 7.05 Å². The van der Waals surface area contributed by atoms with Crippen LogP contribution in [0.25, 0.3) is 0 Å². The van der Waals surface area contributed by atoms with E-state index in [1.807, 2.05) is 31.4 Å². The summed E-state index contributed by atoms with van der Waals surface area (Å²) in [5.41, 5.74) is 2.21. The maximum Gasteiger partial charge on any atom is 0.122 e. The third-order valence-corrected chi connectivity index (χ3v) is 2.49. The Bertz CT molecular complexity index is 465. The lowest BCUT2D eigenvalue weighted by atomic mass is 10.1. The van der Waals surface area contributed by atoms with Gasteiger partial charge in [-0.25, -0.2) is 0 Å². The summed E-state index contributed by atoms with van der Waals surface area (Å²) in [4.78, 5) is 0. The maximum absolute atomic E-state index is 5.30. The third kappa shape index (κ3) is 2.39. The predicted molar refractivity (Wildman–Crippen MR) is 61.4 cm³/mol. The van der Waals surface area contributed by atoms with Crippen molar-refractivity contribution >= 4 is 0 Å². The van der Waals surface area contributed by atoms with Crippen molar-refractivity contribution in [1.29, 1.82) is 0 Å². The van der Waals surface area contributed by atoms with Gasteiger partial charge in [0.2, 0.25) is 0 Å². The summed E-state index contributed by atoms with van der Waals surface area (Å²) in [7, 11) is 3.57. The van der Waals surface area contributed by atoms with E-state index >= 15 is 0 Å². The highest BCUT2D eigenvalue weighted by Gasteiger charge is 2.03. The molecule has 4 heteroatoms. The molecule has 1 aromatic heterocycles. The molecule has 0 aliphatic rings. The molecule has 0 saturated heterocycles. The average Bonchev–Trinajstić information content (AvgIpc) is 2.73. The Morgan fingerprint density at radius 1 is 1.25 bits per heavy atom. The van der Waals surface area contributed by atoms with E-state index in [4.69, 9.17) is 4.74 Å². The molecular weight excluding hydrogens is 202 g/mol. The Morgan fingerprint density at radius 2 is 2.06 bits per heavy atom. The molecule has 0 aliphatic heterocycles. The minimum absolute atomic E-state index is 0.883. The zero-order chi connectivity index (χ0) is 11.4. The Hall–Kier alpha value is -1.84. The molecule has 2 aromatic rings. The van der Waals surface area contributed by atoms with Crippen molar-refractivity contribution < 1.29 is 4.74 Å². The van der Waals surface area contributed by atoms with Crippen molar-refractivity contribution in [2.45, 2.75) is 12.8 Å². The van der Waals surface area contributed by atoms with Gasteiger partial charge in [-0.3, -0.25) is 4.68 Å². The van der Waals surface area contributed by atoms with Crippen molar-refractivity contribution in [1.82, 2.24) is 15.0 Å². The second-order valence-corrected chi connectivity index (χ2v) is 3.70. The lowest BCUT2D eigenvalue weighted by molar-refractivity contribution is 0.409. The predicted octanol–water partition coefficient (Wildman–Crippen LogP) is 1.61. The molecular formula is C12H15N3O. The summed E-state index contributed by atoms with van der Waals surface area (Å²) >= 11 is 0. The van der Waals surface area contributed by atoms with Crippen LogP contribution in [0.5, 0.6) is 5.75 Å². The van der Waals surface area contributed by atoms with Crippen molar-refractivity contribution in [3.05, 3.63) is 41.7 Å². The molecule has 0 aliphatic carbocycles. The number of rotatable bonds is 4. The zero-order valence-corrected chi connectivity index (χ0v) is 9.55. The minimum atomic E-state index is 0.883. The number of aromatic nitrogens is 3. The van der Waals surface area contributed by atoms with Gasteiger partial charge in [0.1, 0.15) is 5.75 Å². The number of hydrogen-bond donors (Lipinski definition) is 0. The quantitative estimate of drug-likeness (QED) is 0.781. The number of benzene rings is 1.